The molecule has 10 nitrogen and oxygen atoms in total. The molecule has 0 aromatic heterocycles. The van der Waals surface area contributed by atoms with E-state index in [4.69, 9.17) is 14.3 Å². The average Bonchev–Trinajstić information content (AvgIpc) is 3.40. The van der Waals surface area contributed by atoms with Gasteiger partial charge in [-0.05, 0) is 37.3 Å². The predicted molar refractivity (Wildman–Crippen MR) is 130 cm³/mol. The van der Waals surface area contributed by atoms with Crippen LogP contribution in [-0.4, -0.2) is 37.1 Å². The summed E-state index contributed by atoms with van der Waals surface area (Å²) in [5.74, 6) is -1.64. The van der Waals surface area contributed by atoms with Crippen LogP contribution in [0.15, 0.2) is 66.7 Å². The van der Waals surface area contributed by atoms with E-state index in [1.165, 1.54) is 31.4 Å². The molecule has 184 valence electrons. The molecule has 3 atom stereocenters. The Morgan fingerprint density at radius 1 is 0.889 bits per heavy atom. The third-order valence-electron chi connectivity index (χ3n) is 6.47. The van der Waals surface area contributed by atoms with Gasteiger partial charge in [-0.1, -0.05) is 35.9 Å². The van der Waals surface area contributed by atoms with E-state index in [0.717, 1.165) is 10.5 Å². The molecule has 2 amide bonds. The van der Waals surface area contributed by atoms with Crippen LogP contribution < -0.4 is 19.4 Å². The number of carbonyl (C=O) groups excluding carboxylic acids is 2. The molecule has 2 aliphatic rings. The van der Waals surface area contributed by atoms with Gasteiger partial charge in [0.1, 0.15) is 12.0 Å². The minimum atomic E-state index is -1.16. The van der Waals surface area contributed by atoms with Gasteiger partial charge < -0.3 is 9.47 Å². The van der Waals surface area contributed by atoms with Crippen LogP contribution in [0.2, 0.25) is 0 Å². The van der Waals surface area contributed by atoms with Crippen LogP contribution in [0.5, 0.6) is 11.5 Å². The maximum absolute atomic E-state index is 13.8. The second kappa shape index (κ2) is 8.97. The Balaban J connectivity index is 1.68. The lowest BCUT2D eigenvalue weighted by molar-refractivity contribution is -0.385. The predicted octanol–water partition coefficient (Wildman–Crippen LogP) is 3.97. The van der Waals surface area contributed by atoms with Crippen LogP contribution in [0, 0.1) is 23.0 Å². The number of hydrogen-bond donors (Lipinski definition) is 0. The van der Waals surface area contributed by atoms with Crippen molar-refractivity contribution in [3.8, 4) is 11.5 Å². The molecule has 0 spiro atoms. The molecule has 0 N–H and O–H groups in total. The molecule has 2 heterocycles. The molecule has 2 saturated heterocycles. The van der Waals surface area contributed by atoms with Crippen molar-refractivity contribution in [3.05, 3.63) is 88.0 Å². The highest BCUT2D eigenvalue weighted by Crippen LogP contribution is 2.51. The summed E-state index contributed by atoms with van der Waals surface area (Å²) in [6, 6.07) is 17.6. The molecule has 36 heavy (non-hydrogen) atoms. The summed E-state index contributed by atoms with van der Waals surface area (Å²) in [7, 11) is 2.80. The largest absolute Gasteiger partial charge is 0.493 e. The third kappa shape index (κ3) is 3.62. The summed E-state index contributed by atoms with van der Waals surface area (Å²) in [6.07, 6.45) is -1.16. The van der Waals surface area contributed by atoms with E-state index < -0.39 is 34.8 Å². The molecule has 3 aromatic carbocycles. The number of fused-ring (bicyclic) bond motifs is 1. The zero-order valence-electron chi connectivity index (χ0n) is 19.8. The van der Waals surface area contributed by atoms with E-state index in [2.05, 4.69) is 0 Å². The molecule has 3 aromatic rings. The Labute approximate surface area is 206 Å². The smallest absolute Gasteiger partial charge is 0.278 e. The maximum Gasteiger partial charge on any atom is 0.278 e. The number of aryl methyl sites for hydroxylation is 1. The van der Waals surface area contributed by atoms with Crippen LogP contribution in [0.4, 0.5) is 17.1 Å². The molecule has 0 bridgehead atoms. The van der Waals surface area contributed by atoms with E-state index in [-0.39, 0.29) is 22.7 Å². The minimum absolute atomic E-state index is 0.168. The molecule has 0 unspecified atom stereocenters. The molecule has 2 aliphatic heterocycles. The summed E-state index contributed by atoms with van der Waals surface area (Å²) < 4.78 is 10.7. The van der Waals surface area contributed by atoms with Gasteiger partial charge in [-0.15, -0.1) is 0 Å². The number of nitro groups is 1. The molecule has 0 radical (unpaired) electrons. The molecule has 10 heteroatoms. The lowest BCUT2D eigenvalue weighted by Crippen LogP contribution is -2.37. The molecule has 5 rings (SSSR count). The number of ether oxygens (including phenoxy) is 2. The maximum atomic E-state index is 13.8. The van der Waals surface area contributed by atoms with Crippen molar-refractivity contribution >= 4 is 28.9 Å². The number of anilines is 2. The lowest BCUT2D eigenvalue weighted by Gasteiger charge is -2.29. The van der Waals surface area contributed by atoms with Crippen LogP contribution in [0.3, 0.4) is 0 Å². The van der Waals surface area contributed by atoms with Crippen LogP contribution in [-0.2, 0) is 14.4 Å². The van der Waals surface area contributed by atoms with Crippen molar-refractivity contribution in [2.45, 2.75) is 19.1 Å². The highest BCUT2D eigenvalue weighted by molar-refractivity contribution is 6.24. The Hall–Kier alpha value is -4.44. The van der Waals surface area contributed by atoms with E-state index in [0.29, 0.717) is 11.4 Å². The number of carbonyl (C=O) groups is 2. The standard InChI is InChI=1S/C26H23N3O7/c1-15-9-11-16(12-10-15)27-25(30)22-23(18-13-20(34-2)21(35-3)14-19(18)29(32)33)28(36-24(22)26(27)31)17-7-5-4-6-8-17/h4-14,22-24H,1-3H3/t22-,23-,24-/m1/s1. The Morgan fingerprint density at radius 3 is 2.14 bits per heavy atom. The fourth-order valence-corrected chi connectivity index (χ4v) is 4.76. The quantitative estimate of drug-likeness (QED) is 0.291. The number of rotatable bonds is 6. The Morgan fingerprint density at radius 2 is 1.53 bits per heavy atom. The minimum Gasteiger partial charge on any atom is -0.493 e. The molecular weight excluding hydrogens is 466 g/mol. The SMILES string of the molecule is COc1cc([C@@H]2[C@H]3C(=O)N(c4ccc(C)cc4)C(=O)[C@@H]3ON2c2ccccc2)c([N+](=O)[O-])cc1OC. The number of nitrogens with zero attached hydrogens (tertiary/aromatic N) is 3. The number of nitro benzene ring substituents is 1. The van der Waals surface area contributed by atoms with Crippen LogP contribution >= 0.6 is 0 Å². The highest BCUT2D eigenvalue weighted by atomic mass is 16.7. The number of methoxy groups -OCH3 is 2. The normalized spacial score (nSPS) is 21.0. The first kappa shape index (κ1) is 23.3. The number of hydroxylamine groups is 1. The van der Waals surface area contributed by atoms with Gasteiger partial charge in [0.25, 0.3) is 11.6 Å². The van der Waals surface area contributed by atoms with Crippen molar-refractivity contribution in [1.29, 1.82) is 0 Å². The second-order valence-corrected chi connectivity index (χ2v) is 8.53. The summed E-state index contributed by atoms with van der Waals surface area (Å²) in [6.45, 7) is 1.90. The first-order valence-corrected chi connectivity index (χ1v) is 11.2. The van der Waals surface area contributed by atoms with Crippen LogP contribution in [0.25, 0.3) is 0 Å². The zero-order chi connectivity index (χ0) is 25.6. The van der Waals surface area contributed by atoms with E-state index in [1.54, 1.807) is 48.5 Å². The Bertz CT molecular complexity index is 1340. The van der Waals surface area contributed by atoms with Gasteiger partial charge in [0, 0.05) is 0 Å². The van der Waals surface area contributed by atoms with E-state index >= 15 is 0 Å². The number of imide groups is 1. The summed E-state index contributed by atoms with van der Waals surface area (Å²) in [5.41, 5.74) is 1.82. The fraction of sp³-hybridized carbons (Fsp3) is 0.231. The van der Waals surface area contributed by atoms with Crippen molar-refractivity contribution in [1.82, 2.24) is 0 Å². The number of hydrogen-bond acceptors (Lipinski definition) is 8. The lowest BCUT2D eigenvalue weighted by atomic mass is 9.89. The van der Waals surface area contributed by atoms with Crippen molar-refractivity contribution in [3.63, 3.8) is 0 Å². The van der Waals surface area contributed by atoms with E-state index in [1.807, 2.05) is 13.0 Å². The van der Waals surface area contributed by atoms with Gasteiger partial charge >= 0.3 is 0 Å². The van der Waals surface area contributed by atoms with E-state index in [9.17, 15) is 19.7 Å². The first-order chi connectivity index (χ1) is 17.3. The van der Waals surface area contributed by atoms with Gasteiger partial charge in [0.2, 0.25) is 5.91 Å². The monoisotopic (exact) mass is 489 g/mol. The molecule has 0 aliphatic carbocycles. The highest BCUT2D eigenvalue weighted by Gasteiger charge is 2.61. The topological polar surface area (TPSA) is 111 Å². The van der Waals surface area contributed by atoms with Crippen LogP contribution in [0.1, 0.15) is 17.2 Å². The van der Waals surface area contributed by atoms with Gasteiger partial charge in [-0.2, -0.15) is 0 Å². The third-order valence-corrected chi connectivity index (χ3v) is 6.47. The zero-order valence-corrected chi connectivity index (χ0v) is 19.8. The first-order valence-electron chi connectivity index (χ1n) is 11.2. The van der Waals surface area contributed by atoms with Crippen molar-refractivity contribution < 1.29 is 28.8 Å². The molecule has 0 saturated carbocycles. The van der Waals surface area contributed by atoms with Gasteiger partial charge in [0.15, 0.2) is 17.6 Å². The van der Waals surface area contributed by atoms with Gasteiger partial charge in [-0.25, -0.2) is 9.96 Å². The number of benzene rings is 3. The van der Waals surface area contributed by atoms with Crippen molar-refractivity contribution in [2.75, 3.05) is 24.2 Å². The molecular formula is C26H23N3O7. The number of amides is 2. The van der Waals surface area contributed by atoms with Crippen molar-refractivity contribution in [2.24, 2.45) is 5.92 Å². The summed E-state index contributed by atoms with van der Waals surface area (Å²) >= 11 is 0. The van der Waals surface area contributed by atoms with Gasteiger partial charge in [0.05, 0.1) is 42.1 Å². The average molecular weight is 489 g/mol. The molecule has 2 fully saturated rings. The second-order valence-electron chi connectivity index (χ2n) is 8.53. The fourth-order valence-electron chi connectivity index (χ4n) is 4.76. The number of para-hydroxylation sites is 1. The summed E-state index contributed by atoms with van der Waals surface area (Å²) in [4.78, 5) is 46.0. The van der Waals surface area contributed by atoms with Gasteiger partial charge in [-0.3, -0.25) is 24.5 Å². The Kier molecular flexibility index (Phi) is 5.81. The summed E-state index contributed by atoms with van der Waals surface area (Å²) in [5, 5.41) is 13.5.